The van der Waals surface area contributed by atoms with E-state index in [1.165, 1.54) is 4.90 Å². The molecule has 0 aliphatic carbocycles. The monoisotopic (exact) mass is 377 g/mol. The molecule has 0 spiro atoms. The van der Waals surface area contributed by atoms with E-state index >= 15 is 0 Å². The Morgan fingerprint density at radius 2 is 1.78 bits per heavy atom. The molecule has 0 saturated carbocycles. The second-order valence-corrected chi connectivity index (χ2v) is 7.50. The highest BCUT2D eigenvalue weighted by atomic mass is 16.7. The van der Waals surface area contributed by atoms with Gasteiger partial charge in [-0.25, -0.2) is 9.59 Å². The van der Waals surface area contributed by atoms with Gasteiger partial charge >= 0.3 is 12.1 Å². The van der Waals surface area contributed by atoms with Crippen molar-refractivity contribution in [1.82, 2.24) is 15.7 Å². The number of rotatable bonds is 4. The lowest BCUT2D eigenvalue weighted by atomic mass is 9.94. The standard InChI is InChI=1S/C19H27N3O5/c1-19(2,3)26-18(25)22-11-14(16(23)20-4)10-15(12-22)21-27-17(24)13-8-6-5-7-9-13/h5-9,14-15,21H,10-12H2,1-4H3,(H,20,23). The summed E-state index contributed by atoms with van der Waals surface area (Å²) < 4.78 is 5.40. The van der Waals surface area contributed by atoms with Crippen LogP contribution in [0.2, 0.25) is 0 Å². The van der Waals surface area contributed by atoms with Gasteiger partial charge in [0.1, 0.15) is 5.60 Å². The smallest absolute Gasteiger partial charge is 0.410 e. The summed E-state index contributed by atoms with van der Waals surface area (Å²) in [6, 6.07) is 8.18. The van der Waals surface area contributed by atoms with Gasteiger partial charge in [-0.15, -0.1) is 5.48 Å². The summed E-state index contributed by atoms with van der Waals surface area (Å²) in [5, 5.41) is 2.60. The van der Waals surface area contributed by atoms with Crippen molar-refractivity contribution < 1.29 is 24.0 Å². The number of piperidine rings is 1. The molecular formula is C19H27N3O5. The zero-order valence-corrected chi connectivity index (χ0v) is 16.2. The average Bonchev–Trinajstić information content (AvgIpc) is 2.64. The van der Waals surface area contributed by atoms with Crippen LogP contribution in [-0.4, -0.2) is 54.6 Å². The second-order valence-electron chi connectivity index (χ2n) is 7.50. The molecule has 1 aliphatic heterocycles. The third-order valence-electron chi connectivity index (χ3n) is 4.05. The van der Waals surface area contributed by atoms with E-state index in [0.29, 0.717) is 12.0 Å². The van der Waals surface area contributed by atoms with Gasteiger partial charge in [0.05, 0.1) is 17.5 Å². The van der Waals surface area contributed by atoms with E-state index in [4.69, 9.17) is 9.57 Å². The van der Waals surface area contributed by atoms with Gasteiger partial charge in [-0.2, -0.15) is 0 Å². The topological polar surface area (TPSA) is 97.0 Å². The van der Waals surface area contributed by atoms with Gasteiger partial charge in [-0.3, -0.25) is 4.79 Å². The highest BCUT2D eigenvalue weighted by molar-refractivity contribution is 5.89. The molecule has 2 N–H and O–H groups in total. The maximum absolute atomic E-state index is 12.4. The first-order valence-corrected chi connectivity index (χ1v) is 8.91. The van der Waals surface area contributed by atoms with Gasteiger partial charge in [0, 0.05) is 20.1 Å². The van der Waals surface area contributed by atoms with Crippen molar-refractivity contribution >= 4 is 18.0 Å². The zero-order valence-electron chi connectivity index (χ0n) is 16.2. The molecule has 0 radical (unpaired) electrons. The number of nitrogens with one attached hydrogen (secondary N) is 2. The van der Waals surface area contributed by atoms with Gasteiger partial charge in [-0.1, -0.05) is 18.2 Å². The molecule has 1 aromatic rings. The molecule has 0 bridgehead atoms. The van der Waals surface area contributed by atoms with E-state index in [2.05, 4.69) is 10.8 Å². The number of hydroxylamine groups is 1. The second kappa shape index (κ2) is 8.85. The van der Waals surface area contributed by atoms with Crippen LogP contribution in [0.4, 0.5) is 4.79 Å². The molecule has 0 aromatic heterocycles. The van der Waals surface area contributed by atoms with Crippen molar-refractivity contribution in [2.45, 2.75) is 38.8 Å². The molecular weight excluding hydrogens is 350 g/mol. The number of nitrogens with zero attached hydrogens (tertiary/aromatic N) is 1. The summed E-state index contributed by atoms with van der Waals surface area (Å²) >= 11 is 0. The minimum absolute atomic E-state index is 0.176. The summed E-state index contributed by atoms with van der Waals surface area (Å²) in [5.74, 6) is -1.13. The number of ether oxygens (including phenoxy) is 1. The Bertz CT molecular complexity index is 672. The molecule has 1 heterocycles. The van der Waals surface area contributed by atoms with Crippen molar-refractivity contribution in [3.05, 3.63) is 35.9 Å². The zero-order chi connectivity index (χ0) is 20.0. The normalized spacial score (nSPS) is 19.9. The third-order valence-corrected chi connectivity index (χ3v) is 4.05. The fourth-order valence-electron chi connectivity index (χ4n) is 2.82. The lowest BCUT2D eigenvalue weighted by Crippen LogP contribution is -2.55. The van der Waals surface area contributed by atoms with Crippen LogP contribution in [0.1, 0.15) is 37.6 Å². The molecule has 1 aromatic carbocycles. The Labute approximate surface area is 159 Å². The molecule has 8 nitrogen and oxygen atoms in total. The van der Waals surface area contributed by atoms with E-state index in [1.807, 2.05) is 0 Å². The van der Waals surface area contributed by atoms with Crippen molar-refractivity contribution in [2.24, 2.45) is 5.92 Å². The van der Waals surface area contributed by atoms with E-state index in [9.17, 15) is 14.4 Å². The van der Waals surface area contributed by atoms with Crippen LogP contribution in [0.15, 0.2) is 30.3 Å². The van der Waals surface area contributed by atoms with Gasteiger partial charge in [0.2, 0.25) is 5.91 Å². The number of carbonyl (C=O) groups excluding carboxylic acids is 3. The molecule has 2 amide bonds. The van der Waals surface area contributed by atoms with E-state index < -0.39 is 23.6 Å². The van der Waals surface area contributed by atoms with Gasteiger partial charge < -0.3 is 19.8 Å². The fraction of sp³-hybridized carbons (Fsp3) is 0.526. The Kier molecular flexibility index (Phi) is 6.79. The number of hydrogen-bond acceptors (Lipinski definition) is 6. The first-order chi connectivity index (χ1) is 12.7. The highest BCUT2D eigenvalue weighted by Gasteiger charge is 2.36. The first kappa shape index (κ1) is 20.7. The molecule has 2 rings (SSSR count). The third kappa shape index (κ3) is 6.25. The predicted molar refractivity (Wildman–Crippen MR) is 98.8 cm³/mol. The van der Waals surface area contributed by atoms with E-state index in [-0.39, 0.29) is 25.0 Å². The van der Waals surface area contributed by atoms with Crippen molar-refractivity contribution in [2.75, 3.05) is 20.1 Å². The first-order valence-electron chi connectivity index (χ1n) is 8.91. The van der Waals surface area contributed by atoms with Gasteiger partial charge in [0.25, 0.3) is 0 Å². The molecule has 2 unspecified atom stereocenters. The Hall–Kier alpha value is -2.61. The number of likely N-dealkylation sites (tertiary alicyclic amines) is 1. The van der Waals surface area contributed by atoms with Gasteiger partial charge in [-0.05, 0) is 39.3 Å². The molecule has 1 saturated heterocycles. The number of carbonyl (C=O) groups is 3. The molecule has 27 heavy (non-hydrogen) atoms. The van der Waals surface area contributed by atoms with E-state index in [1.54, 1.807) is 58.2 Å². The Balaban J connectivity index is 2.02. The SMILES string of the molecule is CNC(=O)C1CC(NOC(=O)c2ccccc2)CN(C(=O)OC(C)(C)C)C1. The summed E-state index contributed by atoms with van der Waals surface area (Å²) in [6.45, 7) is 5.86. The molecule has 8 heteroatoms. The molecule has 1 fully saturated rings. The van der Waals surface area contributed by atoms with Crippen LogP contribution in [0.5, 0.6) is 0 Å². The number of amides is 2. The summed E-state index contributed by atoms with van der Waals surface area (Å²) in [4.78, 5) is 43.2. The Morgan fingerprint density at radius 3 is 2.37 bits per heavy atom. The van der Waals surface area contributed by atoms with Crippen LogP contribution in [0, 0.1) is 5.92 Å². The van der Waals surface area contributed by atoms with E-state index in [0.717, 1.165) is 0 Å². The lowest BCUT2D eigenvalue weighted by Gasteiger charge is -2.37. The highest BCUT2D eigenvalue weighted by Crippen LogP contribution is 2.20. The fourth-order valence-corrected chi connectivity index (χ4v) is 2.82. The van der Waals surface area contributed by atoms with Crippen molar-refractivity contribution in [3.8, 4) is 0 Å². The summed E-state index contributed by atoms with van der Waals surface area (Å²) in [6.07, 6.45) is -0.0709. The predicted octanol–water partition coefficient (Wildman–Crippen LogP) is 1.72. The molecule has 2 atom stereocenters. The minimum Gasteiger partial charge on any atom is -0.444 e. The quantitative estimate of drug-likeness (QED) is 0.776. The number of benzene rings is 1. The maximum atomic E-state index is 12.4. The van der Waals surface area contributed by atoms with Gasteiger partial charge in [0.15, 0.2) is 0 Å². The van der Waals surface area contributed by atoms with Crippen LogP contribution in [0.3, 0.4) is 0 Å². The van der Waals surface area contributed by atoms with Crippen LogP contribution in [0.25, 0.3) is 0 Å². The molecule has 1 aliphatic rings. The minimum atomic E-state index is -0.639. The van der Waals surface area contributed by atoms with Crippen LogP contribution in [-0.2, 0) is 14.4 Å². The Morgan fingerprint density at radius 1 is 1.11 bits per heavy atom. The largest absolute Gasteiger partial charge is 0.444 e. The van der Waals surface area contributed by atoms with Crippen LogP contribution < -0.4 is 10.8 Å². The van der Waals surface area contributed by atoms with Crippen molar-refractivity contribution in [1.29, 1.82) is 0 Å². The van der Waals surface area contributed by atoms with Crippen LogP contribution >= 0.6 is 0 Å². The lowest BCUT2D eigenvalue weighted by molar-refractivity contribution is -0.126. The maximum Gasteiger partial charge on any atom is 0.410 e. The number of hydrogen-bond donors (Lipinski definition) is 2. The summed E-state index contributed by atoms with van der Waals surface area (Å²) in [5.41, 5.74) is 2.47. The summed E-state index contributed by atoms with van der Waals surface area (Å²) in [7, 11) is 1.55. The van der Waals surface area contributed by atoms with Crippen molar-refractivity contribution in [3.63, 3.8) is 0 Å². The average molecular weight is 377 g/mol. The molecule has 148 valence electrons.